The van der Waals surface area contributed by atoms with Crippen molar-refractivity contribution in [3.8, 4) is 0 Å². The Morgan fingerprint density at radius 2 is 1.19 bits per heavy atom. The number of hydrogen-bond donors (Lipinski definition) is 4. The highest BCUT2D eigenvalue weighted by atomic mass is 32.2. The van der Waals surface area contributed by atoms with E-state index >= 15 is 0 Å². The van der Waals surface area contributed by atoms with Crippen LogP contribution in [0.1, 0.15) is 162 Å². The second kappa shape index (κ2) is 32.0. The number of unbranched alkanes of at least 4 members (excludes halogenated alkanes) is 17. The van der Waals surface area contributed by atoms with Crippen LogP contribution in [0.5, 0.6) is 0 Å². The Balaban J connectivity index is 2.51. The Bertz CT molecular complexity index is 1170. The van der Waals surface area contributed by atoms with E-state index in [9.17, 15) is 37.9 Å². The van der Waals surface area contributed by atoms with Gasteiger partial charge in [-0.1, -0.05) is 103 Å². The molecule has 4 N–H and O–H groups in total. The molecule has 2 unspecified atom stereocenters. The number of hydrogen-bond acceptors (Lipinski definition) is 11. The lowest BCUT2D eigenvalue weighted by molar-refractivity contribution is -0.297. The SMILES string of the molecule is CCCC/C=C/CCCCCCCC(=O)O[C@H](COC(=O)CCCCCCCC=C=CCCCCCCC)CO[C@H]1O[C@H](CS(=O)(=O)O)[C@@H](O)C(O)C1O. The maximum atomic E-state index is 12.7. The van der Waals surface area contributed by atoms with Crippen LogP contribution < -0.4 is 0 Å². The molecule has 1 saturated heterocycles. The molecule has 13 heteroatoms. The molecule has 0 bridgehead atoms. The molecule has 0 aromatic carbocycles. The van der Waals surface area contributed by atoms with Crippen molar-refractivity contribution in [3.63, 3.8) is 0 Å². The third-order valence-electron chi connectivity index (χ3n) is 9.28. The predicted octanol–water partition coefficient (Wildman–Crippen LogP) is 7.43. The fourth-order valence-corrected chi connectivity index (χ4v) is 6.68. The van der Waals surface area contributed by atoms with Crippen molar-refractivity contribution in [2.75, 3.05) is 19.0 Å². The molecule has 1 aliphatic heterocycles. The minimum atomic E-state index is -4.60. The minimum absolute atomic E-state index is 0.149. The maximum Gasteiger partial charge on any atom is 0.306 e. The Kier molecular flexibility index (Phi) is 29.6. The Hall–Kier alpha value is -2.09. The first kappa shape index (κ1) is 49.9. The highest BCUT2D eigenvalue weighted by molar-refractivity contribution is 7.85. The summed E-state index contributed by atoms with van der Waals surface area (Å²) in [4.78, 5) is 25.3. The molecule has 1 aliphatic rings. The Morgan fingerprint density at radius 3 is 1.78 bits per heavy atom. The maximum absolute atomic E-state index is 12.7. The van der Waals surface area contributed by atoms with E-state index in [0.717, 1.165) is 77.0 Å². The topological polar surface area (TPSA) is 186 Å². The number of aliphatic hydroxyl groups excluding tert-OH is 3. The number of carbonyl (C=O) groups excluding carboxylic acids is 2. The average Bonchev–Trinajstić information content (AvgIpc) is 3.13. The first-order valence-electron chi connectivity index (χ1n) is 20.6. The molecule has 0 amide bonds. The van der Waals surface area contributed by atoms with E-state index in [1.807, 2.05) is 0 Å². The zero-order chi connectivity index (χ0) is 39.9. The van der Waals surface area contributed by atoms with Gasteiger partial charge in [0.2, 0.25) is 0 Å². The monoisotopic (exact) mass is 788 g/mol. The third-order valence-corrected chi connectivity index (χ3v) is 10.0. The fourth-order valence-electron chi connectivity index (χ4n) is 5.99. The summed E-state index contributed by atoms with van der Waals surface area (Å²) >= 11 is 0. The van der Waals surface area contributed by atoms with E-state index in [0.29, 0.717) is 12.8 Å². The van der Waals surface area contributed by atoms with Crippen LogP contribution >= 0.6 is 0 Å². The van der Waals surface area contributed by atoms with E-state index in [4.69, 9.17) is 18.9 Å². The molecule has 0 spiro atoms. The van der Waals surface area contributed by atoms with Gasteiger partial charge in [0.05, 0.1) is 6.61 Å². The molecule has 1 fully saturated rings. The lowest BCUT2D eigenvalue weighted by atomic mass is 10.00. The summed E-state index contributed by atoms with van der Waals surface area (Å²) in [5.41, 5.74) is 3.27. The molecule has 0 aromatic rings. The predicted molar refractivity (Wildman–Crippen MR) is 209 cm³/mol. The average molecular weight is 789 g/mol. The van der Waals surface area contributed by atoms with Gasteiger partial charge >= 0.3 is 11.9 Å². The van der Waals surface area contributed by atoms with Gasteiger partial charge in [0.25, 0.3) is 10.1 Å². The summed E-state index contributed by atoms with van der Waals surface area (Å²) in [5, 5.41) is 30.8. The number of esters is 2. The molecule has 12 nitrogen and oxygen atoms in total. The molecule has 1 heterocycles. The van der Waals surface area contributed by atoms with Gasteiger partial charge in [0.1, 0.15) is 36.8 Å². The summed E-state index contributed by atoms with van der Waals surface area (Å²) in [6, 6.07) is 0. The fraction of sp³-hybridized carbons (Fsp3) is 0.829. The van der Waals surface area contributed by atoms with Gasteiger partial charge in [-0.2, -0.15) is 8.42 Å². The molecule has 0 saturated carbocycles. The van der Waals surface area contributed by atoms with Crippen LogP contribution in [0.4, 0.5) is 0 Å². The van der Waals surface area contributed by atoms with Crippen molar-refractivity contribution < 1.29 is 56.8 Å². The van der Waals surface area contributed by atoms with Gasteiger partial charge in [0.15, 0.2) is 12.4 Å². The quantitative estimate of drug-likeness (QED) is 0.0170. The Labute approximate surface area is 325 Å². The molecule has 0 aromatic heterocycles. The molecule has 6 atom stereocenters. The third kappa shape index (κ3) is 26.7. The van der Waals surface area contributed by atoms with Crippen LogP contribution in [0.25, 0.3) is 0 Å². The lowest BCUT2D eigenvalue weighted by Gasteiger charge is -2.40. The summed E-state index contributed by atoms with van der Waals surface area (Å²) in [6.45, 7) is 3.65. The number of rotatable bonds is 33. The summed E-state index contributed by atoms with van der Waals surface area (Å²) < 4.78 is 53.8. The van der Waals surface area contributed by atoms with Gasteiger partial charge < -0.3 is 34.3 Å². The molecular formula is C41H72O12S. The van der Waals surface area contributed by atoms with Crippen LogP contribution in [-0.4, -0.2) is 96.0 Å². The molecule has 54 heavy (non-hydrogen) atoms. The van der Waals surface area contributed by atoms with Crippen molar-refractivity contribution >= 4 is 22.1 Å². The highest BCUT2D eigenvalue weighted by Gasteiger charge is 2.46. The van der Waals surface area contributed by atoms with E-state index in [2.05, 4.69) is 43.9 Å². The van der Waals surface area contributed by atoms with Gasteiger partial charge in [-0.05, 0) is 69.9 Å². The van der Waals surface area contributed by atoms with E-state index < -0.39 is 71.2 Å². The van der Waals surface area contributed by atoms with Gasteiger partial charge in [0, 0.05) is 12.8 Å². The number of ether oxygens (including phenoxy) is 4. The smallest absolute Gasteiger partial charge is 0.306 e. The second-order valence-corrected chi connectivity index (χ2v) is 15.9. The summed E-state index contributed by atoms with van der Waals surface area (Å²) in [5.74, 6) is -2.02. The Morgan fingerprint density at radius 1 is 0.667 bits per heavy atom. The molecule has 0 radical (unpaired) electrons. The number of aliphatic hydroxyl groups is 3. The first-order valence-corrected chi connectivity index (χ1v) is 22.2. The number of carbonyl (C=O) groups is 2. The standard InChI is InChI=1S/C41H72O12S/c1-3-5-7-9-11-13-15-16-17-18-20-21-23-25-27-29-36(42)50-31-34(52-37(43)30-28-26-24-22-19-14-12-10-8-6-4-2)32-51-41-40(46)39(45)38(44)35(53-41)33-54(47,48)49/h10,12,15,17,34-35,38-41,44-46H,3-9,11,13-14,18-33H2,1-2H3,(H,47,48,49)/b12-10+/t16?,34-,35-,38-,39?,40?,41+/m1/s1. The first-order chi connectivity index (χ1) is 26.0. The van der Waals surface area contributed by atoms with Crippen LogP contribution in [-0.2, 0) is 38.7 Å². The molecule has 0 aliphatic carbocycles. The van der Waals surface area contributed by atoms with Crippen molar-refractivity contribution in [2.45, 2.75) is 198 Å². The zero-order valence-electron chi connectivity index (χ0n) is 33.1. The van der Waals surface area contributed by atoms with E-state index in [-0.39, 0.29) is 19.4 Å². The van der Waals surface area contributed by atoms with Crippen LogP contribution in [0, 0.1) is 0 Å². The van der Waals surface area contributed by atoms with E-state index in [1.165, 1.54) is 44.9 Å². The lowest BCUT2D eigenvalue weighted by Crippen LogP contribution is -2.60. The van der Waals surface area contributed by atoms with Crippen molar-refractivity contribution in [1.82, 2.24) is 0 Å². The molecule has 1 rings (SSSR count). The van der Waals surface area contributed by atoms with Crippen molar-refractivity contribution in [2.24, 2.45) is 0 Å². The summed E-state index contributed by atoms with van der Waals surface area (Å²) in [6.07, 6.45) is 21.6. The molecular weight excluding hydrogens is 717 g/mol. The minimum Gasteiger partial charge on any atom is -0.462 e. The van der Waals surface area contributed by atoms with E-state index in [1.54, 1.807) is 0 Å². The van der Waals surface area contributed by atoms with Crippen molar-refractivity contribution in [1.29, 1.82) is 0 Å². The zero-order valence-corrected chi connectivity index (χ0v) is 33.9. The largest absolute Gasteiger partial charge is 0.462 e. The van der Waals surface area contributed by atoms with Crippen molar-refractivity contribution in [3.05, 3.63) is 30.0 Å². The van der Waals surface area contributed by atoms with Gasteiger partial charge in [-0.25, -0.2) is 0 Å². The van der Waals surface area contributed by atoms with Crippen LogP contribution in [0.15, 0.2) is 30.0 Å². The van der Waals surface area contributed by atoms with Gasteiger partial charge in [-0.15, -0.1) is 5.73 Å². The highest BCUT2D eigenvalue weighted by Crippen LogP contribution is 2.24. The van der Waals surface area contributed by atoms with Gasteiger partial charge in [-0.3, -0.25) is 14.1 Å². The summed E-state index contributed by atoms with van der Waals surface area (Å²) in [7, 11) is -4.60. The van der Waals surface area contributed by atoms with Crippen LogP contribution in [0.2, 0.25) is 0 Å². The number of allylic oxidation sites excluding steroid dienone is 3. The molecule has 314 valence electrons. The van der Waals surface area contributed by atoms with Crippen LogP contribution in [0.3, 0.4) is 0 Å². The second-order valence-electron chi connectivity index (χ2n) is 14.4. The normalized spacial score (nSPS) is 20.7.